The molecule has 0 atom stereocenters. The lowest BCUT2D eigenvalue weighted by molar-refractivity contribution is -0.387. The molecule has 0 amide bonds. The van der Waals surface area contributed by atoms with Gasteiger partial charge in [0.15, 0.2) is 0 Å². The molecule has 0 spiro atoms. The minimum Gasteiger partial charge on any atom is -0.462 e. The van der Waals surface area contributed by atoms with Gasteiger partial charge in [0.2, 0.25) is 0 Å². The van der Waals surface area contributed by atoms with Crippen molar-refractivity contribution in [2.24, 2.45) is 0 Å². The molecule has 0 aromatic heterocycles. The Hall–Kier alpha value is -2.07. The van der Waals surface area contributed by atoms with Crippen molar-refractivity contribution in [2.75, 3.05) is 6.61 Å². The van der Waals surface area contributed by atoms with Crippen molar-refractivity contribution in [3.8, 4) is 6.07 Å². The van der Waals surface area contributed by atoms with E-state index in [4.69, 9.17) is 10.00 Å². The van der Waals surface area contributed by atoms with Gasteiger partial charge in [-0.3, -0.25) is 10.1 Å². The van der Waals surface area contributed by atoms with Gasteiger partial charge in [-0.05, 0) is 13.0 Å². The Labute approximate surface area is 102 Å². The van der Waals surface area contributed by atoms with Crippen LogP contribution in [0.4, 0.5) is 5.69 Å². The molecule has 0 saturated carbocycles. The first-order valence-corrected chi connectivity index (χ1v) is 5.04. The molecule has 7 heteroatoms. The predicted octanol–water partition coefficient (Wildman–Crippen LogP) is 1.93. The summed E-state index contributed by atoms with van der Waals surface area (Å²) in [6, 6.07) is 3.94. The molecule has 88 valence electrons. The van der Waals surface area contributed by atoms with Crippen LogP contribution >= 0.6 is 12.6 Å². The molecule has 1 rings (SSSR count). The van der Waals surface area contributed by atoms with Gasteiger partial charge < -0.3 is 4.74 Å². The Bertz CT molecular complexity index is 522. The van der Waals surface area contributed by atoms with Crippen LogP contribution in [-0.2, 0) is 4.74 Å². The minimum absolute atomic E-state index is 0.000880. The number of thiol groups is 1. The molecular weight excluding hydrogens is 244 g/mol. The van der Waals surface area contributed by atoms with Crippen LogP contribution in [-0.4, -0.2) is 17.5 Å². The molecule has 17 heavy (non-hydrogen) atoms. The molecule has 0 fully saturated rings. The normalized spacial score (nSPS) is 9.47. The molecule has 0 aliphatic rings. The van der Waals surface area contributed by atoms with Gasteiger partial charge >= 0.3 is 5.97 Å². The first-order valence-electron chi connectivity index (χ1n) is 4.59. The number of esters is 1. The lowest BCUT2D eigenvalue weighted by Gasteiger charge is -2.05. The maximum atomic E-state index is 11.5. The van der Waals surface area contributed by atoms with Gasteiger partial charge in [-0.25, -0.2) is 4.79 Å². The fraction of sp³-hybridized carbons (Fsp3) is 0.200. The predicted molar refractivity (Wildman–Crippen MR) is 61.0 cm³/mol. The molecular formula is C10H8N2O4S. The third kappa shape index (κ3) is 2.73. The number of benzene rings is 1. The number of ether oxygens (including phenoxy) is 1. The molecule has 0 saturated heterocycles. The Morgan fingerprint density at radius 1 is 1.65 bits per heavy atom. The number of hydrogen-bond donors (Lipinski definition) is 1. The number of rotatable bonds is 3. The van der Waals surface area contributed by atoms with Gasteiger partial charge in [-0.15, -0.1) is 12.6 Å². The van der Waals surface area contributed by atoms with E-state index < -0.39 is 10.9 Å². The molecule has 0 aliphatic carbocycles. The number of nitriles is 1. The van der Waals surface area contributed by atoms with Gasteiger partial charge in [0.25, 0.3) is 5.69 Å². The van der Waals surface area contributed by atoms with Crippen LogP contribution in [0.1, 0.15) is 22.8 Å². The van der Waals surface area contributed by atoms with Crippen molar-refractivity contribution >= 4 is 24.3 Å². The van der Waals surface area contributed by atoms with Crippen LogP contribution in [0.5, 0.6) is 0 Å². The number of nitro groups is 1. The number of carbonyl (C=O) groups excluding carboxylic acids is 1. The second kappa shape index (κ2) is 5.32. The van der Waals surface area contributed by atoms with Crippen LogP contribution in [0.25, 0.3) is 0 Å². The summed E-state index contributed by atoms with van der Waals surface area (Å²) in [5, 5.41) is 19.5. The highest BCUT2D eigenvalue weighted by Gasteiger charge is 2.20. The van der Waals surface area contributed by atoms with E-state index in [0.717, 1.165) is 6.07 Å². The summed E-state index contributed by atoms with van der Waals surface area (Å²) in [7, 11) is 0. The molecule has 6 nitrogen and oxygen atoms in total. The van der Waals surface area contributed by atoms with Crippen LogP contribution in [0, 0.1) is 21.4 Å². The van der Waals surface area contributed by atoms with E-state index in [1.54, 1.807) is 13.0 Å². The first-order chi connectivity index (χ1) is 8.01. The average Bonchev–Trinajstić information content (AvgIpc) is 2.28. The zero-order valence-electron chi connectivity index (χ0n) is 8.84. The van der Waals surface area contributed by atoms with E-state index in [-0.39, 0.29) is 28.3 Å². The maximum absolute atomic E-state index is 11.5. The molecule has 0 radical (unpaired) electrons. The zero-order chi connectivity index (χ0) is 13.0. The van der Waals surface area contributed by atoms with E-state index >= 15 is 0 Å². The van der Waals surface area contributed by atoms with E-state index in [1.165, 1.54) is 6.07 Å². The van der Waals surface area contributed by atoms with Crippen LogP contribution < -0.4 is 0 Å². The lowest BCUT2D eigenvalue weighted by atomic mass is 10.1. The second-order valence-electron chi connectivity index (χ2n) is 2.98. The van der Waals surface area contributed by atoms with Gasteiger partial charge in [-0.2, -0.15) is 5.26 Å². The summed E-state index contributed by atoms with van der Waals surface area (Å²) in [5.41, 5.74) is -0.465. The Morgan fingerprint density at radius 2 is 2.29 bits per heavy atom. The van der Waals surface area contributed by atoms with Crippen LogP contribution in [0.3, 0.4) is 0 Å². The molecule has 0 bridgehead atoms. The van der Waals surface area contributed by atoms with E-state index in [9.17, 15) is 14.9 Å². The standard InChI is InChI=1S/C10H8N2O4S/c1-2-16-10(13)7-4-8(12(14)15)9(17)3-6(7)5-11/h3-4,17H,2H2,1H3. The quantitative estimate of drug-likeness (QED) is 0.384. The molecule has 1 aromatic rings. The monoisotopic (exact) mass is 252 g/mol. The Kier molecular flexibility index (Phi) is 4.06. The van der Waals surface area contributed by atoms with Gasteiger partial charge in [-0.1, -0.05) is 0 Å². The number of nitrogens with zero attached hydrogens (tertiary/aromatic N) is 2. The molecule has 0 unspecified atom stereocenters. The van der Waals surface area contributed by atoms with E-state index in [0.29, 0.717) is 0 Å². The summed E-state index contributed by atoms with van der Waals surface area (Å²) in [5.74, 6) is -0.763. The maximum Gasteiger partial charge on any atom is 0.339 e. The first kappa shape index (κ1) is 13.0. The second-order valence-corrected chi connectivity index (χ2v) is 3.46. The van der Waals surface area contributed by atoms with Gasteiger partial charge in [0.05, 0.1) is 27.6 Å². The summed E-state index contributed by atoms with van der Waals surface area (Å²) >= 11 is 3.88. The molecule has 0 N–H and O–H groups in total. The Balaban J connectivity index is 3.37. The average molecular weight is 252 g/mol. The fourth-order valence-corrected chi connectivity index (χ4v) is 1.47. The smallest absolute Gasteiger partial charge is 0.339 e. The van der Waals surface area contributed by atoms with Crippen LogP contribution in [0.15, 0.2) is 17.0 Å². The largest absolute Gasteiger partial charge is 0.462 e. The van der Waals surface area contributed by atoms with Crippen molar-refractivity contribution in [3.05, 3.63) is 33.4 Å². The van der Waals surface area contributed by atoms with Gasteiger partial charge in [0.1, 0.15) is 6.07 Å². The molecule has 0 heterocycles. The highest BCUT2D eigenvalue weighted by atomic mass is 32.1. The Morgan fingerprint density at radius 3 is 2.76 bits per heavy atom. The minimum atomic E-state index is -0.763. The molecule has 0 aliphatic heterocycles. The zero-order valence-corrected chi connectivity index (χ0v) is 9.73. The SMILES string of the molecule is CCOC(=O)c1cc([N+](=O)[O-])c(S)cc1C#N. The third-order valence-electron chi connectivity index (χ3n) is 1.93. The van der Waals surface area contributed by atoms with Crippen molar-refractivity contribution in [1.82, 2.24) is 0 Å². The lowest BCUT2D eigenvalue weighted by Crippen LogP contribution is -2.08. The highest BCUT2D eigenvalue weighted by Crippen LogP contribution is 2.26. The van der Waals surface area contributed by atoms with Crippen molar-refractivity contribution in [3.63, 3.8) is 0 Å². The molecule has 1 aromatic carbocycles. The summed E-state index contributed by atoms with van der Waals surface area (Å²) in [6.07, 6.45) is 0. The van der Waals surface area contributed by atoms with Crippen LogP contribution in [0.2, 0.25) is 0 Å². The number of carbonyl (C=O) groups is 1. The third-order valence-corrected chi connectivity index (χ3v) is 2.29. The van der Waals surface area contributed by atoms with Crippen molar-refractivity contribution < 1.29 is 14.5 Å². The number of nitro benzene ring substituents is 1. The van der Waals surface area contributed by atoms with Crippen molar-refractivity contribution in [1.29, 1.82) is 5.26 Å². The summed E-state index contributed by atoms with van der Waals surface area (Å²) in [6.45, 7) is 1.73. The van der Waals surface area contributed by atoms with Gasteiger partial charge in [0, 0.05) is 6.07 Å². The van der Waals surface area contributed by atoms with E-state index in [2.05, 4.69) is 12.6 Å². The van der Waals surface area contributed by atoms with Crippen molar-refractivity contribution in [2.45, 2.75) is 11.8 Å². The summed E-state index contributed by atoms with van der Waals surface area (Å²) < 4.78 is 4.71. The highest BCUT2D eigenvalue weighted by molar-refractivity contribution is 7.80. The van der Waals surface area contributed by atoms with E-state index in [1.807, 2.05) is 0 Å². The summed E-state index contributed by atoms with van der Waals surface area (Å²) in [4.78, 5) is 21.5. The number of hydrogen-bond acceptors (Lipinski definition) is 6. The fourth-order valence-electron chi connectivity index (χ4n) is 1.19. The topological polar surface area (TPSA) is 93.2 Å².